The lowest BCUT2D eigenvalue weighted by atomic mass is 9.93. The molecule has 0 bridgehead atoms. The molecule has 4 heteroatoms. The van der Waals surface area contributed by atoms with Gasteiger partial charge >= 0.3 is 0 Å². The summed E-state index contributed by atoms with van der Waals surface area (Å²) in [5, 5.41) is 19.3. The molecule has 13 heavy (non-hydrogen) atoms. The van der Waals surface area contributed by atoms with Crippen molar-refractivity contribution in [2.24, 2.45) is 5.92 Å². The van der Waals surface area contributed by atoms with E-state index >= 15 is 0 Å². The first-order chi connectivity index (χ1) is 6.07. The minimum absolute atomic E-state index is 0.197. The first kappa shape index (κ1) is 10.9. The molecule has 1 aliphatic rings. The van der Waals surface area contributed by atoms with E-state index in [4.69, 9.17) is 9.47 Å². The van der Waals surface area contributed by atoms with Crippen LogP contribution in [0, 0.1) is 5.92 Å². The zero-order chi connectivity index (χ0) is 10.0. The van der Waals surface area contributed by atoms with Crippen molar-refractivity contribution in [2.75, 3.05) is 13.7 Å². The van der Waals surface area contributed by atoms with Crippen molar-refractivity contribution >= 4 is 0 Å². The predicted octanol–water partition coefficient (Wildman–Crippen LogP) is -0.222. The van der Waals surface area contributed by atoms with Crippen LogP contribution in [0.2, 0.25) is 0 Å². The molecule has 1 rings (SSSR count). The lowest BCUT2D eigenvalue weighted by Crippen LogP contribution is -2.55. The summed E-state index contributed by atoms with van der Waals surface area (Å²) in [5.74, 6) is 0.197. The summed E-state index contributed by atoms with van der Waals surface area (Å²) >= 11 is 0. The SMILES string of the molecule is CO[C@@H]1CO[C@@H](C(C)C)[C@@H](O)[C@H]1O. The predicted molar refractivity (Wildman–Crippen MR) is 47.4 cm³/mol. The first-order valence-corrected chi connectivity index (χ1v) is 4.58. The van der Waals surface area contributed by atoms with Crippen molar-refractivity contribution in [1.29, 1.82) is 0 Å². The highest BCUT2D eigenvalue weighted by atomic mass is 16.6. The van der Waals surface area contributed by atoms with Gasteiger partial charge in [-0.2, -0.15) is 0 Å². The number of hydrogen-bond acceptors (Lipinski definition) is 4. The van der Waals surface area contributed by atoms with Crippen molar-refractivity contribution in [1.82, 2.24) is 0 Å². The lowest BCUT2D eigenvalue weighted by Gasteiger charge is -2.38. The second-order valence-corrected chi connectivity index (χ2v) is 3.80. The van der Waals surface area contributed by atoms with Gasteiger partial charge in [-0.05, 0) is 5.92 Å². The average molecular weight is 190 g/mol. The number of hydrogen-bond donors (Lipinski definition) is 2. The summed E-state index contributed by atoms with van der Waals surface area (Å²) in [7, 11) is 1.50. The first-order valence-electron chi connectivity index (χ1n) is 4.58. The van der Waals surface area contributed by atoms with E-state index in [1.807, 2.05) is 13.8 Å². The van der Waals surface area contributed by atoms with Crippen LogP contribution in [0.5, 0.6) is 0 Å². The number of ether oxygens (including phenoxy) is 2. The van der Waals surface area contributed by atoms with Gasteiger partial charge in [0.1, 0.15) is 18.3 Å². The molecule has 1 fully saturated rings. The molecule has 0 amide bonds. The van der Waals surface area contributed by atoms with E-state index < -0.39 is 18.3 Å². The molecule has 0 saturated carbocycles. The second kappa shape index (κ2) is 4.37. The molecule has 2 N–H and O–H groups in total. The maximum Gasteiger partial charge on any atom is 0.111 e. The van der Waals surface area contributed by atoms with Gasteiger partial charge in [-0.15, -0.1) is 0 Å². The Morgan fingerprint density at radius 3 is 2.38 bits per heavy atom. The van der Waals surface area contributed by atoms with E-state index in [1.54, 1.807) is 0 Å². The fraction of sp³-hybridized carbons (Fsp3) is 1.00. The summed E-state index contributed by atoms with van der Waals surface area (Å²) in [5.41, 5.74) is 0. The van der Waals surface area contributed by atoms with Gasteiger partial charge in [-0.3, -0.25) is 0 Å². The fourth-order valence-corrected chi connectivity index (χ4v) is 1.61. The van der Waals surface area contributed by atoms with Gasteiger partial charge in [0, 0.05) is 7.11 Å². The zero-order valence-corrected chi connectivity index (χ0v) is 8.30. The normalized spacial score (nSPS) is 41.1. The largest absolute Gasteiger partial charge is 0.388 e. The Labute approximate surface area is 78.5 Å². The fourth-order valence-electron chi connectivity index (χ4n) is 1.61. The molecule has 1 saturated heterocycles. The molecule has 4 atom stereocenters. The van der Waals surface area contributed by atoms with Crippen LogP contribution in [-0.4, -0.2) is 48.3 Å². The van der Waals surface area contributed by atoms with E-state index in [0.717, 1.165) is 0 Å². The van der Waals surface area contributed by atoms with Crippen LogP contribution in [0.1, 0.15) is 13.8 Å². The highest BCUT2D eigenvalue weighted by Gasteiger charge is 2.39. The Hall–Kier alpha value is -0.160. The summed E-state index contributed by atoms with van der Waals surface area (Å²) in [6, 6.07) is 0. The molecule has 0 unspecified atom stereocenters. The van der Waals surface area contributed by atoms with Gasteiger partial charge in [-0.25, -0.2) is 0 Å². The van der Waals surface area contributed by atoms with Gasteiger partial charge in [0.05, 0.1) is 12.7 Å². The minimum Gasteiger partial charge on any atom is -0.388 e. The van der Waals surface area contributed by atoms with E-state index in [-0.39, 0.29) is 12.0 Å². The third-order valence-electron chi connectivity index (χ3n) is 2.48. The lowest BCUT2D eigenvalue weighted by molar-refractivity contribution is -0.204. The Kier molecular flexibility index (Phi) is 3.67. The zero-order valence-electron chi connectivity index (χ0n) is 8.30. The number of rotatable bonds is 2. The molecule has 0 radical (unpaired) electrons. The van der Waals surface area contributed by atoms with Crippen LogP contribution >= 0.6 is 0 Å². The van der Waals surface area contributed by atoms with E-state index in [0.29, 0.717) is 6.61 Å². The van der Waals surface area contributed by atoms with Gasteiger partial charge in [0.15, 0.2) is 0 Å². The van der Waals surface area contributed by atoms with Crippen molar-refractivity contribution in [3.05, 3.63) is 0 Å². The van der Waals surface area contributed by atoms with Crippen molar-refractivity contribution in [3.63, 3.8) is 0 Å². The highest BCUT2D eigenvalue weighted by Crippen LogP contribution is 2.22. The van der Waals surface area contributed by atoms with E-state index in [1.165, 1.54) is 7.11 Å². The van der Waals surface area contributed by atoms with Crippen LogP contribution in [0.15, 0.2) is 0 Å². The van der Waals surface area contributed by atoms with Crippen LogP contribution in [0.25, 0.3) is 0 Å². The minimum atomic E-state index is -0.848. The van der Waals surface area contributed by atoms with Crippen LogP contribution in [0.4, 0.5) is 0 Å². The summed E-state index contributed by atoms with van der Waals surface area (Å²) < 4.78 is 10.4. The Balaban J connectivity index is 2.59. The molecular formula is C9H18O4. The monoisotopic (exact) mass is 190 g/mol. The number of aliphatic hydroxyl groups is 2. The average Bonchev–Trinajstić information content (AvgIpc) is 2.09. The molecule has 1 aliphatic heterocycles. The van der Waals surface area contributed by atoms with Gasteiger partial charge in [-0.1, -0.05) is 13.8 Å². The second-order valence-electron chi connectivity index (χ2n) is 3.80. The topological polar surface area (TPSA) is 58.9 Å². The molecule has 1 heterocycles. The van der Waals surface area contributed by atoms with E-state index in [2.05, 4.69) is 0 Å². The number of methoxy groups -OCH3 is 1. The summed E-state index contributed by atoms with van der Waals surface area (Å²) in [6.45, 7) is 4.25. The molecular weight excluding hydrogens is 172 g/mol. The van der Waals surface area contributed by atoms with Gasteiger partial charge < -0.3 is 19.7 Å². The Morgan fingerprint density at radius 1 is 1.31 bits per heavy atom. The standard InChI is InChI=1S/C9H18O4/c1-5(2)9-8(11)7(10)6(12-3)4-13-9/h5-11H,4H2,1-3H3/t6-,7+,8+,9+/m1/s1. The Morgan fingerprint density at radius 2 is 1.92 bits per heavy atom. The van der Waals surface area contributed by atoms with E-state index in [9.17, 15) is 10.2 Å². The summed E-state index contributed by atoms with van der Waals surface area (Å²) in [6.07, 6.45) is -2.39. The van der Waals surface area contributed by atoms with Crippen molar-refractivity contribution in [2.45, 2.75) is 38.3 Å². The van der Waals surface area contributed by atoms with Gasteiger partial charge in [0.25, 0.3) is 0 Å². The molecule has 0 spiro atoms. The van der Waals surface area contributed by atoms with Crippen molar-refractivity contribution < 1.29 is 19.7 Å². The Bertz CT molecular complexity index is 160. The van der Waals surface area contributed by atoms with Crippen LogP contribution < -0.4 is 0 Å². The third kappa shape index (κ3) is 2.20. The molecule has 0 aliphatic carbocycles. The number of aliphatic hydroxyl groups excluding tert-OH is 2. The molecule has 0 aromatic rings. The summed E-state index contributed by atoms with van der Waals surface area (Å²) in [4.78, 5) is 0. The molecule has 4 nitrogen and oxygen atoms in total. The quantitative estimate of drug-likeness (QED) is 0.632. The van der Waals surface area contributed by atoms with Crippen LogP contribution in [-0.2, 0) is 9.47 Å². The van der Waals surface area contributed by atoms with Gasteiger partial charge in [0.2, 0.25) is 0 Å². The molecule has 0 aromatic carbocycles. The van der Waals surface area contributed by atoms with Crippen LogP contribution in [0.3, 0.4) is 0 Å². The highest BCUT2D eigenvalue weighted by molar-refractivity contribution is 4.88. The maximum atomic E-state index is 9.65. The third-order valence-corrected chi connectivity index (χ3v) is 2.48. The molecule has 0 aromatic heterocycles. The maximum absolute atomic E-state index is 9.65. The molecule has 78 valence electrons. The van der Waals surface area contributed by atoms with Crippen molar-refractivity contribution in [3.8, 4) is 0 Å². The smallest absolute Gasteiger partial charge is 0.111 e.